The molecule has 0 aromatic carbocycles. The summed E-state index contributed by atoms with van der Waals surface area (Å²) in [6.45, 7) is 6.13. The van der Waals surface area contributed by atoms with Crippen LogP contribution in [0.3, 0.4) is 0 Å². The van der Waals surface area contributed by atoms with E-state index in [1.807, 2.05) is 19.4 Å². The highest BCUT2D eigenvalue weighted by atomic mass is 16.5. The normalized spacial score (nSPS) is 15.0. The summed E-state index contributed by atoms with van der Waals surface area (Å²) in [6.07, 6.45) is 4.85. The van der Waals surface area contributed by atoms with Gasteiger partial charge in [-0.2, -0.15) is 0 Å². The minimum Gasteiger partial charge on any atom is -0.383 e. The number of imidazole rings is 1. The average Bonchev–Trinajstić information content (AvgIpc) is 2.64. The van der Waals surface area contributed by atoms with E-state index in [1.54, 1.807) is 7.11 Å². The standard InChI is InChI=1S/C12H23N3O/c1-10(11(2)13-6-8-16-4)9-12-14-5-7-15(12)3/h5,7,10-11,13H,6,8-9H2,1-4H3. The molecule has 0 aliphatic heterocycles. The van der Waals surface area contributed by atoms with Crippen molar-refractivity contribution in [2.75, 3.05) is 20.3 Å². The molecule has 2 unspecified atom stereocenters. The Bertz CT molecular complexity index is 298. The lowest BCUT2D eigenvalue weighted by Crippen LogP contribution is -2.35. The molecule has 0 radical (unpaired) electrons. The van der Waals surface area contributed by atoms with Crippen LogP contribution < -0.4 is 5.32 Å². The van der Waals surface area contributed by atoms with Crippen LogP contribution in [0, 0.1) is 5.92 Å². The van der Waals surface area contributed by atoms with Crippen LogP contribution in [0.4, 0.5) is 0 Å². The molecule has 0 fully saturated rings. The van der Waals surface area contributed by atoms with Crippen molar-refractivity contribution in [3.63, 3.8) is 0 Å². The fraction of sp³-hybridized carbons (Fsp3) is 0.750. The summed E-state index contributed by atoms with van der Waals surface area (Å²) in [6, 6.07) is 0.479. The van der Waals surface area contributed by atoms with E-state index in [0.29, 0.717) is 12.0 Å². The molecule has 92 valence electrons. The van der Waals surface area contributed by atoms with Crippen molar-refractivity contribution in [2.24, 2.45) is 13.0 Å². The number of hydrogen-bond acceptors (Lipinski definition) is 3. The van der Waals surface area contributed by atoms with Crippen LogP contribution in [0.5, 0.6) is 0 Å². The summed E-state index contributed by atoms with van der Waals surface area (Å²) in [7, 11) is 3.77. The van der Waals surface area contributed by atoms with E-state index in [9.17, 15) is 0 Å². The van der Waals surface area contributed by atoms with Crippen molar-refractivity contribution >= 4 is 0 Å². The molecule has 0 bridgehead atoms. The quantitative estimate of drug-likeness (QED) is 0.709. The van der Waals surface area contributed by atoms with Gasteiger partial charge in [0.2, 0.25) is 0 Å². The molecule has 0 saturated heterocycles. The molecule has 4 nitrogen and oxygen atoms in total. The van der Waals surface area contributed by atoms with Crippen molar-refractivity contribution in [1.82, 2.24) is 14.9 Å². The predicted molar refractivity (Wildman–Crippen MR) is 65.4 cm³/mol. The number of aromatic nitrogens is 2. The Morgan fingerprint density at radius 1 is 1.50 bits per heavy atom. The van der Waals surface area contributed by atoms with Crippen LogP contribution in [-0.2, 0) is 18.2 Å². The van der Waals surface area contributed by atoms with Gasteiger partial charge in [-0.15, -0.1) is 0 Å². The number of aryl methyl sites for hydroxylation is 1. The highest BCUT2D eigenvalue weighted by molar-refractivity contribution is 4.93. The summed E-state index contributed by atoms with van der Waals surface area (Å²) in [5.74, 6) is 1.71. The van der Waals surface area contributed by atoms with Crippen molar-refractivity contribution in [2.45, 2.75) is 26.3 Å². The average molecular weight is 225 g/mol. The lowest BCUT2D eigenvalue weighted by molar-refractivity contribution is 0.192. The van der Waals surface area contributed by atoms with E-state index in [2.05, 4.69) is 28.7 Å². The molecule has 1 aromatic heterocycles. The van der Waals surface area contributed by atoms with Crippen LogP contribution in [0.15, 0.2) is 12.4 Å². The zero-order valence-corrected chi connectivity index (χ0v) is 10.7. The molecule has 0 aliphatic carbocycles. The van der Waals surface area contributed by atoms with Gasteiger partial charge in [0, 0.05) is 45.6 Å². The summed E-state index contributed by atoms with van der Waals surface area (Å²) in [5, 5.41) is 3.45. The Morgan fingerprint density at radius 2 is 2.25 bits per heavy atom. The van der Waals surface area contributed by atoms with Crippen molar-refractivity contribution in [1.29, 1.82) is 0 Å². The first-order valence-corrected chi connectivity index (χ1v) is 5.83. The minimum atomic E-state index is 0.479. The van der Waals surface area contributed by atoms with Crippen LogP contribution >= 0.6 is 0 Å². The predicted octanol–water partition coefficient (Wildman–Crippen LogP) is 1.22. The van der Waals surface area contributed by atoms with Gasteiger partial charge in [0.1, 0.15) is 5.82 Å². The van der Waals surface area contributed by atoms with Gasteiger partial charge in [-0.25, -0.2) is 4.98 Å². The first-order valence-electron chi connectivity index (χ1n) is 5.83. The monoisotopic (exact) mass is 225 g/mol. The van der Waals surface area contributed by atoms with E-state index in [1.165, 1.54) is 0 Å². The Morgan fingerprint density at radius 3 is 2.81 bits per heavy atom. The second-order valence-corrected chi connectivity index (χ2v) is 4.37. The molecule has 2 atom stereocenters. The summed E-state index contributed by atoms with van der Waals surface area (Å²) in [5.41, 5.74) is 0. The molecule has 1 heterocycles. The highest BCUT2D eigenvalue weighted by Gasteiger charge is 2.13. The van der Waals surface area contributed by atoms with E-state index in [4.69, 9.17) is 4.74 Å². The van der Waals surface area contributed by atoms with Crippen LogP contribution in [0.25, 0.3) is 0 Å². The van der Waals surface area contributed by atoms with Crippen molar-refractivity contribution in [3.05, 3.63) is 18.2 Å². The van der Waals surface area contributed by atoms with Crippen LogP contribution in [0.1, 0.15) is 19.7 Å². The van der Waals surface area contributed by atoms with E-state index in [0.717, 1.165) is 25.4 Å². The topological polar surface area (TPSA) is 39.1 Å². The molecule has 16 heavy (non-hydrogen) atoms. The van der Waals surface area contributed by atoms with Crippen molar-refractivity contribution < 1.29 is 4.74 Å². The van der Waals surface area contributed by atoms with Crippen molar-refractivity contribution in [3.8, 4) is 0 Å². The van der Waals surface area contributed by atoms with Gasteiger partial charge in [-0.3, -0.25) is 0 Å². The lowest BCUT2D eigenvalue weighted by Gasteiger charge is -2.21. The summed E-state index contributed by atoms with van der Waals surface area (Å²) >= 11 is 0. The summed E-state index contributed by atoms with van der Waals surface area (Å²) in [4.78, 5) is 4.35. The number of methoxy groups -OCH3 is 1. The van der Waals surface area contributed by atoms with Gasteiger partial charge in [-0.1, -0.05) is 6.92 Å². The van der Waals surface area contributed by atoms with Crippen LogP contribution in [0.2, 0.25) is 0 Å². The number of nitrogens with zero attached hydrogens (tertiary/aromatic N) is 2. The molecule has 1 rings (SSSR count). The van der Waals surface area contributed by atoms with Gasteiger partial charge in [0.05, 0.1) is 6.61 Å². The SMILES string of the molecule is COCCNC(C)C(C)Cc1nccn1C. The molecule has 0 amide bonds. The first kappa shape index (κ1) is 13.2. The number of rotatable bonds is 7. The molecule has 1 N–H and O–H groups in total. The van der Waals surface area contributed by atoms with Gasteiger partial charge in [-0.05, 0) is 12.8 Å². The Labute approximate surface area is 98.0 Å². The second kappa shape index (κ2) is 6.66. The zero-order chi connectivity index (χ0) is 12.0. The fourth-order valence-electron chi connectivity index (χ4n) is 1.65. The number of nitrogens with one attached hydrogen (secondary N) is 1. The second-order valence-electron chi connectivity index (χ2n) is 4.37. The molecule has 0 saturated carbocycles. The minimum absolute atomic E-state index is 0.479. The molecule has 0 spiro atoms. The lowest BCUT2D eigenvalue weighted by atomic mass is 9.99. The molecule has 0 aliphatic rings. The van der Waals surface area contributed by atoms with E-state index < -0.39 is 0 Å². The van der Waals surface area contributed by atoms with Crippen LogP contribution in [-0.4, -0.2) is 35.9 Å². The largest absolute Gasteiger partial charge is 0.383 e. The molecular weight excluding hydrogens is 202 g/mol. The third-order valence-corrected chi connectivity index (χ3v) is 3.05. The van der Waals surface area contributed by atoms with Gasteiger partial charge < -0.3 is 14.6 Å². The number of ether oxygens (including phenoxy) is 1. The third kappa shape index (κ3) is 3.94. The Balaban J connectivity index is 2.34. The molecule has 4 heteroatoms. The first-order chi connectivity index (χ1) is 7.65. The van der Waals surface area contributed by atoms with Gasteiger partial charge in [0.15, 0.2) is 0 Å². The fourth-order valence-corrected chi connectivity index (χ4v) is 1.65. The Kier molecular flexibility index (Phi) is 5.49. The van der Waals surface area contributed by atoms with Gasteiger partial charge >= 0.3 is 0 Å². The smallest absolute Gasteiger partial charge is 0.108 e. The van der Waals surface area contributed by atoms with Gasteiger partial charge in [0.25, 0.3) is 0 Å². The highest BCUT2D eigenvalue weighted by Crippen LogP contribution is 2.09. The summed E-state index contributed by atoms with van der Waals surface area (Å²) < 4.78 is 7.10. The maximum Gasteiger partial charge on any atom is 0.108 e. The van der Waals surface area contributed by atoms with E-state index >= 15 is 0 Å². The molecule has 1 aromatic rings. The third-order valence-electron chi connectivity index (χ3n) is 3.05. The zero-order valence-electron chi connectivity index (χ0n) is 10.7. The maximum absolute atomic E-state index is 5.02. The maximum atomic E-state index is 5.02. The Hall–Kier alpha value is -0.870. The molecular formula is C12H23N3O. The number of hydrogen-bond donors (Lipinski definition) is 1. The van der Waals surface area contributed by atoms with E-state index in [-0.39, 0.29) is 0 Å².